The maximum absolute atomic E-state index is 12.1. The quantitative estimate of drug-likeness (QED) is 0.480. The summed E-state index contributed by atoms with van der Waals surface area (Å²) in [6.45, 7) is 1.99. The molecule has 2 amide bonds. The SMILES string of the molecule is CCOc1ccc(C(=O)NCC(=O)OCC(=O)NCCc2ccc(OC)c(OC)c2)cc1. The number of methoxy groups -OCH3 is 2. The monoisotopic (exact) mass is 444 g/mol. The zero-order valence-electron chi connectivity index (χ0n) is 18.4. The fourth-order valence-corrected chi connectivity index (χ4v) is 2.75. The van der Waals surface area contributed by atoms with Crippen molar-refractivity contribution in [3.8, 4) is 17.2 Å². The van der Waals surface area contributed by atoms with Crippen molar-refractivity contribution in [2.75, 3.05) is 40.5 Å². The number of hydrogen-bond donors (Lipinski definition) is 2. The highest BCUT2D eigenvalue weighted by Crippen LogP contribution is 2.27. The van der Waals surface area contributed by atoms with Gasteiger partial charge in [0.2, 0.25) is 0 Å². The van der Waals surface area contributed by atoms with Crippen molar-refractivity contribution >= 4 is 17.8 Å². The van der Waals surface area contributed by atoms with Crippen molar-refractivity contribution in [2.24, 2.45) is 0 Å². The predicted molar refractivity (Wildman–Crippen MR) is 117 cm³/mol. The summed E-state index contributed by atoms with van der Waals surface area (Å²) < 4.78 is 20.6. The molecule has 0 aliphatic carbocycles. The smallest absolute Gasteiger partial charge is 0.325 e. The van der Waals surface area contributed by atoms with Crippen LogP contribution in [0.15, 0.2) is 42.5 Å². The van der Waals surface area contributed by atoms with Crippen LogP contribution in [0.25, 0.3) is 0 Å². The van der Waals surface area contributed by atoms with Gasteiger partial charge in [-0.2, -0.15) is 0 Å². The van der Waals surface area contributed by atoms with E-state index in [-0.39, 0.29) is 6.54 Å². The van der Waals surface area contributed by atoms with E-state index in [9.17, 15) is 14.4 Å². The fraction of sp³-hybridized carbons (Fsp3) is 0.348. The molecule has 0 atom stereocenters. The van der Waals surface area contributed by atoms with Gasteiger partial charge in [-0.3, -0.25) is 14.4 Å². The molecular weight excluding hydrogens is 416 g/mol. The van der Waals surface area contributed by atoms with Crippen LogP contribution in [0.1, 0.15) is 22.8 Å². The van der Waals surface area contributed by atoms with Crippen LogP contribution in [-0.4, -0.2) is 58.3 Å². The molecule has 32 heavy (non-hydrogen) atoms. The first kappa shape index (κ1) is 24.5. The van der Waals surface area contributed by atoms with E-state index in [2.05, 4.69) is 10.6 Å². The van der Waals surface area contributed by atoms with Crippen LogP contribution in [0.5, 0.6) is 17.2 Å². The molecule has 2 rings (SSSR count). The second-order valence-corrected chi connectivity index (χ2v) is 6.59. The summed E-state index contributed by atoms with van der Waals surface area (Å²) in [7, 11) is 3.11. The molecule has 0 radical (unpaired) electrons. The fourth-order valence-electron chi connectivity index (χ4n) is 2.75. The summed E-state index contributed by atoms with van der Waals surface area (Å²) in [5, 5.41) is 5.12. The number of carbonyl (C=O) groups is 3. The van der Waals surface area contributed by atoms with Crippen molar-refractivity contribution in [1.82, 2.24) is 10.6 Å². The minimum absolute atomic E-state index is 0.342. The number of amides is 2. The van der Waals surface area contributed by atoms with Crippen LogP contribution in [0.4, 0.5) is 0 Å². The minimum atomic E-state index is -0.709. The molecule has 2 aromatic rings. The van der Waals surface area contributed by atoms with Crippen molar-refractivity contribution in [2.45, 2.75) is 13.3 Å². The molecule has 0 aliphatic heterocycles. The maximum atomic E-state index is 12.1. The van der Waals surface area contributed by atoms with Gasteiger partial charge in [0.05, 0.1) is 20.8 Å². The average Bonchev–Trinajstić information content (AvgIpc) is 2.81. The highest BCUT2D eigenvalue weighted by molar-refractivity contribution is 5.96. The lowest BCUT2D eigenvalue weighted by atomic mass is 10.1. The normalized spacial score (nSPS) is 10.1. The first-order valence-corrected chi connectivity index (χ1v) is 10.1. The maximum Gasteiger partial charge on any atom is 0.325 e. The number of rotatable bonds is 12. The van der Waals surface area contributed by atoms with E-state index in [4.69, 9.17) is 18.9 Å². The molecule has 0 spiro atoms. The number of carbonyl (C=O) groups excluding carboxylic acids is 3. The zero-order chi connectivity index (χ0) is 23.3. The van der Waals surface area contributed by atoms with Gasteiger partial charge in [0.25, 0.3) is 11.8 Å². The van der Waals surface area contributed by atoms with Crippen molar-refractivity contribution in [1.29, 1.82) is 0 Å². The highest BCUT2D eigenvalue weighted by Gasteiger charge is 2.11. The Morgan fingerprint density at radius 1 is 0.906 bits per heavy atom. The molecule has 0 bridgehead atoms. The van der Waals surface area contributed by atoms with Crippen molar-refractivity contribution in [3.05, 3.63) is 53.6 Å². The van der Waals surface area contributed by atoms with Crippen LogP contribution in [-0.2, 0) is 20.7 Å². The summed E-state index contributed by atoms with van der Waals surface area (Å²) in [5.74, 6) is 0.320. The van der Waals surface area contributed by atoms with Crippen LogP contribution >= 0.6 is 0 Å². The van der Waals surface area contributed by atoms with Crippen LogP contribution in [0.2, 0.25) is 0 Å². The Hall–Kier alpha value is -3.75. The van der Waals surface area contributed by atoms with Gasteiger partial charge in [0, 0.05) is 12.1 Å². The molecule has 0 aromatic heterocycles. The predicted octanol–water partition coefficient (Wildman–Crippen LogP) is 1.73. The number of benzene rings is 2. The van der Waals surface area contributed by atoms with Gasteiger partial charge in [0.15, 0.2) is 18.1 Å². The van der Waals surface area contributed by atoms with Gasteiger partial charge >= 0.3 is 5.97 Å². The zero-order valence-corrected chi connectivity index (χ0v) is 18.4. The van der Waals surface area contributed by atoms with Gasteiger partial charge in [-0.05, 0) is 55.3 Å². The molecular formula is C23H28N2O7. The highest BCUT2D eigenvalue weighted by atomic mass is 16.5. The van der Waals surface area contributed by atoms with Crippen LogP contribution in [0, 0.1) is 0 Å². The molecule has 172 valence electrons. The third kappa shape index (κ3) is 7.82. The Kier molecular flexibility index (Phi) is 9.83. The van der Waals surface area contributed by atoms with Gasteiger partial charge in [0.1, 0.15) is 12.3 Å². The second-order valence-electron chi connectivity index (χ2n) is 6.59. The minimum Gasteiger partial charge on any atom is -0.494 e. The lowest BCUT2D eigenvalue weighted by molar-refractivity contribution is -0.147. The van der Waals surface area contributed by atoms with Gasteiger partial charge in [-0.15, -0.1) is 0 Å². The molecule has 0 aliphatic rings. The standard InChI is InChI=1S/C23H28N2O7/c1-4-31-18-8-6-17(7-9-18)23(28)25-14-22(27)32-15-21(26)24-12-11-16-5-10-19(29-2)20(13-16)30-3/h5-10,13H,4,11-12,14-15H2,1-3H3,(H,24,26)(H,25,28). The van der Waals surface area contributed by atoms with E-state index < -0.39 is 24.4 Å². The van der Waals surface area contributed by atoms with E-state index in [0.717, 1.165) is 5.56 Å². The number of esters is 1. The molecule has 0 fully saturated rings. The summed E-state index contributed by atoms with van der Waals surface area (Å²) in [5.41, 5.74) is 1.34. The van der Waals surface area contributed by atoms with E-state index >= 15 is 0 Å². The first-order valence-electron chi connectivity index (χ1n) is 10.1. The van der Waals surface area contributed by atoms with E-state index in [1.165, 1.54) is 0 Å². The van der Waals surface area contributed by atoms with Crippen LogP contribution < -0.4 is 24.8 Å². The largest absolute Gasteiger partial charge is 0.494 e. The Bertz CT molecular complexity index is 913. The Labute approximate surface area is 187 Å². The lowest BCUT2D eigenvalue weighted by Crippen LogP contribution is -2.34. The average molecular weight is 444 g/mol. The molecule has 9 nitrogen and oxygen atoms in total. The van der Waals surface area contributed by atoms with Gasteiger partial charge in [-0.25, -0.2) is 0 Å². The van der Waals surface area contributed by atoms with E-state index in [0.29, 0.717) is 42.4 Å². The molecule has 2 N–H and O–H groups in total. The Balaban J connectivity index is 1.66. The van der Waals surface area contributed by atoms with Gasteiger partial charge < -0.3 is 29.6 Å². The summed E-state index contributed by atoms with van der Waals surface area (Å²) in [4.78, 5) is 35.7. The number of ether oxygens (including phenoxy) is 4. The molecule has 2 aromatic carbocycles. The van der Waals surface area contributed by atoms with E-state index in [1.807, 2.05) is 19.1 Å². The second kappa shape index (κ2) is 12.8. The molecule has 0 unspecified atom stereocenters. The summed E-state index contributed by atoms with van der Waals surface area (Å²) in [6, 6.07) is 12.0. The van der Waals surface area contributed by atoms with Gasteiger partial charge in [-0.1, -0.05) is 6.07 Å². The van der Waals surface area contributed by atoms with Crippen LogP contribution in [0.3, 0.4) is 0 Å². The van der Waals surface area contributed by atoms with E-state index in [1.54, 1.807) is 44.6 Å². The Morgan fingerprint density at radius 3 is 2.28 bits per heavy atom. The lowest BCUT2D eigenvalue weighted by Gasteiger charge is -2.10. The first-order chi connectivity index (χ1) is 15.5. The summed E-state index contributed by atoms with van der Waals surface area (Å²) in [6.07, 6.45) is 0.568. The molecule has 0 saturated heterocycles. The third-order valence-corrected chi connectivity index (χ3v) is 4.37. The number of nitrogens with one attached hydrogen (secondary N) is 2. The molecule has 0 heterocycles. The topological polar surface area (TPSA) is 112 Å². The third-order valence-electron chi connectivity index (χ3n) is 4.37. The Morgan fingerprint density at radius 2 is 1.62 bits per heavy atom. The molecule has 9 heteroatoms. The summed E-state index contributed by atoms with van der Waals surface area (Å²) >= 11 is 0. The van der Waals surface area contributed by atoms with Crippen molar-refractivity contribution in [3.63, 3.8) is 0 Å². The molecule has 0 saturated carbocycles. The number of hydrogen-bond acceptors (Lipinski definition) is 7. The van der Waals surface area contributed by atoms with Crippen molar-refractivity contribution < 1.29 is 33.3 Å².